The normalized spacial score (nSPS) is 36.5. The molecule has 156 valence electrons. The van der Waals surface area contributed by atoms with Gasteiger partial charge in [0, 0.05) is 43.7 Å². The van der Waals surface area contributed by atoms with Crippen molar-refractivity contribution in [2.45, 2.75) is 45.2 Å². The number of hydrogen-bond acceptors (Lipinski definition) is 4. The van der Waals surface area contributed by atoms with Gasteiger partial charge in [0.2, 0.25) is 5.91 Å². The molecule has 2 amide bonds. The standard InChI is InChI=1S/C23H32N4O2/c1-3-26-10-12-27(13-11-26)21(29)18-14-16-8-9-22(18,2)15-23(16)24-19-7-5-4-6-17(19)20(28)25-23/h4-7,16,18,24H,3,8-15H2,1-2H3,(H,25,28)/t16-,18+,22+,23+/m1/s1. The Hall–Kier alpha value is -2.08. The van der Waals surface area contributed by atoms with Gasteiger partial charge < -0.3 is 20.4 Å². The van der Waals surface area contributed by atoms with Crippen molar-refractivity contribution in [1.29, 1.82) is 0 Å². The molecule has 1 aromatic carbocycles. The van der Waals surface area contributed by atoms with Gasteiger partial charge in [-0.3, -0.25) is 9.59 Å². The summed E-state index contributed by atoms with van der Waals surface area (Å²) in [5.74, 6) is 0.697. The zero-order chi connectivity index (χ0) is 20.2. The maximum absolute atomic E-state index is 13.5. The zero-order valence-electron chi connectivity index (χ0n) is 17.5. The zero-order valence-corrected chi connectivity index (χ0v) is 17.5. The lowest BCUT2D eigenvalue weighted by molar-refractivity contribution is -0.152. The van der Waals surface area contributed by atoms with E-state index in [9.17, 15) is 9.59 Å². The number of fused-ring (bicyclic) bond motifs is 3. The van der Waals surface area contributed by atoms with Gasteiger partial charge in [0.15, 0.2) is 0 Å². The third-order valence-corrected chi connectivity index (χ3v) is 8.10. The van der Waals surface area contributed by atoms with E-state index < -0.39 is 5.66 Å². The van der Waals surface area contributed by atoms with E-state index in [4.69, 9.17) is 0 Å². The first-order valence-corrected chi connectivity index (χ1v) is 11.1. The largest absolute Gasteiger partial charge is 0.362 e. The van der Waals surface area contributed by atoms with Crippen LogP contribution in [0.4, 0.5) is 5.69 Å². The number of nitrogens with one attached hydrogen (secondary N) is 2. The van der Waals surface area contributed by atoms with Crippen molar-refractivity contribution in [3.8, 4) is 0 Å². The number of amides is 2. The maximum Gasteiger partial charge on any atom is 0.255 e. The van der Waals surface area contributed by atoms with Gasteiger partial charge in [0.1, 0.15) is 5.66 Å². The number of nitrogens with zero attached hydrogens (tertiary/aromatic N) is 2. The lowest BCUT2D eigenvalue weighted by Crippen LogP contribution is -2.70. The van der Waals surface area contributed by atoms with Gasteiger partial charge in [-0.1, -0.05) is 26.0 Å². The summed E-state index contributed by atoms with van der Waals surface area (Å²) < 4.78 is 0. The van der Waals surface area contributed by atoms with Crippen molar-refractivity contribution in [1.82, 2.24) is 15.1 Å². The molecule has 1 spiro atoms. The fourth-order valence-corrected chi connectivity index (χ4v) is 6.33. The maximum atomic E-state index is 13.5. The summed E-state index contributed by atoms with van der Waals surface area (Å²) in [7, 11) is 0. The Morgan fingerprint density at radius 3 is 2.66 bits per heavy atom. The molecule has 4 fully saturated rings. The lowest BCUT2D eigenvalue weighted by Gasteiger charge is -2.61. The van der Waals surface area contributed by atoms with Crippen LogP contribution in [0.3, 0.4) is 0 Å². The number of likely N-dealkylation sites (N-methyl/N-ethyl adjacent to an activating group) is 1. The molecule has 2 bridgehead atoms. The molecule has 0 radical (unpaired) electrons. The van der Waals surface area contributed by atoms with E-state index in [1.807, 2.05) is 24.3 Å². The molecular weight excluding hydrogens is 364 g/mol. The number of benzene rings is 1. The highest BCUT2D eigenvalue weighted by Crippen LogP contribution is 2.58. The van der Waals surface area contributed by atoms with Crippen molar-refractivity contribution in [2.24, 2.45) is 17.3 Å². The minimum atomic E-state index is -0.421. The average molecular weight is 397 g/mol. The Balaban J connectivity index is 1.37. The predicted octanol–water partition coefficient (Wildman–Crippen LogP) is 2.53. The second kappa shape index (κ2) is 6.73. The van der Waals surface area contributed by atoms with Gasteiger partial charge >= 0.3 is 0 Å². The molecule has 4 atom stereocenters. The number of anilines is 1. The summed E-state index contributed by atoms with van der Waals surface area (Å²) in [4.78, 5) is 30.8. The van der Waals surface area contributed by atoms with Crippen LogP contribution >= 0.6 is 0 Å². The summed E-state index contributed by atoms with van der Waals surface area (Å²) in [6.45, 7) is 9.15. The van der Waals surface area contributed by atoms with Crippen LogP contribution in [0.15, 0.2) is 24.3 Å². The van der Waals surface area contributed by atoms with Crippen LogP contribution in [0.5, 0.6) is 0 Å². The summed E-state index contributed by atoms with van der Waals surface area (Å²) >= 11 is 0. The monoisotopic (exact) mass is 396 g/mol. The molecule has 6 rings (SSSR count). The number of carbonyl (C=O) groups is 2. The first kappa shape index (κ1) is 18.9. The fourth-order valence-electron chi connectivity index (χ4n) is 6.33. The SMILES string of the molecule is CCN1CCN(C(=O)[C@@H]2C[C@H]3CC[C@@]2(C)C[C@]32NC(=O)c3ccccc3N2)CC1. The highest BCUT2D eigenvalue weighted by Gasteiger charge is 2.60. The Kier molecular flexibility index (Phi) is 4.39. The highest BCUT2D eigenvalue weighted by atomic mass is 16.2. The molecule has 0 unspecified atom stereocenters. The van der Waals surface area contributed by atoms with E-state index >= 15 is 0 Å². The molecule has 2 aliphatic heterocycles. The molecule has 5 aliphatic rings. The van der Waals surface area contributed by atoms with Gasteiger partial charge in [-0.15, -0.1) is 0 Å². The minimum Gasteiger partial charge on any atom is -0.362 e. The Morgan fingerprint density at radius 1 is 1.17 bits per heavy atom. The van der Waals surface area contributed by atoms with Crippen LogP contribution < -0.4 is 10.6 Å². The number of rotatable bonds is 2. The third kappa shape index (κ3) is 2.95. The summed E-state index contributed by atoms with van der Waals surface area (Å²) in [5.41, 5.74) is 1.13. The molecule has 1 saturated heterocycles. The first-order chi connectivity index (χ1) is 13.9. The van der Waals surface area contributed by atoms with Crippen LogP contribution in [-0.4, -0.2) is 60.0 Å². The van der Waals surface area contributed by atoms with Crippen LogP contribution in [0.2, 0.25) is 0 Å². The molecule has 0 aromatic heterocycles. The molecular formula is C23H32N4O2. The third-order valence-electron chi connectivity index (χ3n) is 8.10. The van der Waals surface area contributed by atoms with Crippen LogP contribution in [-0.2, 0) is 4.79 Å². The Morgan fingerprint density at radius 2 is 1.93 bits per heavy atom. The van der Waals surface area contributed by atoms with Gasteiger partial charge in [-0.25, -0.2) is 0 Å². The van der Waals surface area contributed by atoms with Gasteiger partial charge in [-0.2, -0.15) is 0 Å². The molecule has 2 N–H and O–H groups in total. The summed E-state index contributed by atoms with van der Waals surface area (Å²) in [6, 6.07) is 7.74. The van der Waals surface area contributed by atoms with Crippen LogP contribution in [0.25, 0.3) is 0 Å². The number of para-hydroxylation sites is 1. The minimum absolute atomic E-state index is 0.00839. The van der Waals surface area contributed by atoms with Crippen molar-refractivity contribution < 1.29 is 9.59 Å². The molecule has 6 heteroatoms. The van der Waals surface area contributed by atoms with E-state index in [-0.39, 0.29) is 23.2 Å². The molecule has 29 heavy (non-hydrogen) atoms. The second-order valence-corrected chi connectivity index (χ2v) is 9.71. The highest BCUT2D eigenvalue weighted by molar-refractivity contribution is 6.02. The first-order valence-electron chi connectivity index (χ1n) is 11.1. The molecule has 2 heterocycles. The topological polar surface area (TPSA) is 64.7 Å². The number of carbonyl (C=O) groups excluding carboxylic acids is 2. The van der Waals surface area contributed by atoms with E-state index in [1.54, 1.807) is 0 Å². The van der Waals surface area contributed by atoms with Crippen molar-refractivity contribution in [2.75, 3.05) is 38.0 Å². The number of piperazine rings is 1. The van der Waals surface area contributed by atoms with Crippen molar-refractivity contribution in [3.05, 3.63) is 29.8 Å². The Labute approximate surface area is 173 Å². The van der Waals surface area contributed by atoms with Crippen molar-refractivity contribution >= 4 is 17.5 Å². The van der Waals surface area contributed by atoms with Crippen LogP contribution in [0, 0.1) is 17.3 Å². The second-order valence-electron chi connectivity index (χ2n) is 9.71. The molecule has 3 aliphatic carbocycles. The number of hydrogen-bond donors (Lipinski definition) is 2. The molecule has 3 saturated carbocycles. The average Bonchev–Trinajstić information content (AvgIpc) is 2.73. The van der Waals surface area contributed by atoms with E-state index in [0.717, 1.165) is 64.1 Å². The van der Waals surface area contributed by atoms with Crippen LogP contribution in [0.1, 0.15) is 49.9 Å². The predicted molar refractivity (Wildman–Crippen MR) is 113 cm³/mol. The van der Waals surface area contributed by atoms with E-state index in [2.05, 4.69) is 34.3 Å². The quantitative estimate of drug-likeness (QED) is 0.806. The van der Waals surface area contributed by atoms with Gasteiger partial charge in [-0.05, 0) is 49.8 Å². The van der Waals surface area contributed by atoms with Gasteiger partial charge in [0.25, 0.3) is 5.91 Å². The van der Waals surface area contributed by atoms with Gasteiger partial charge in [0.05, 0.1) is 5.56 Å². The summed E-state index contributed by atoms with van der Waals surface area (Å²) in [5, 5.41) is 7.00. The fraction of sp³-hybridized carbons (Fsp3) is 0.652. The smallest absolute Gasteiger partial charge is 0.255 e. The molecule has 6 nitrogen and oxygen atoms in total. The summed E-state index contributed by atoms with van der Waals surface area (Å²) in [6.07, 6.45) is 3.79. The van der Waals surface area contributed by atoms with E-state index in [1.165, 1.54) is 0 Å². The lowest BCUT2D eigenvalue weighted by atomic mass is 9.51. The van der Waals surface area contributed by atoms with Crippen molar-refractivity contribution in [3.63, 3.8) is 0 Å². The molecule has 1 aromatic rings. The van der Waals surface area contributed by atoms with E-state index in [0.29, 0.717) is 11.5 Å². The Bertz CT molecular complexity index is 834.